The van der Waals surface area contributed by atoms with Gasteiger partial charge in [-0.25, -0.2) is 8.42 Å². The molecule has 3 aromatic rings. The number of sulfonamides is 1. The number of rotatable bonds is 4. The van der Waals surface area contributed by atoms with Gasteiger partial charge in [-0.15, -0.1) is 0 Å². The summed E-state index contributed by atoms with van der Waals surface area (Å²) in [7, 11) is -3.68. The molecule has 0 saturated carbocycles. The first kappa shape index (κ1) is 16.0. The highest BCUT2D eigenvalue weighted by Gasteiger charge is 2.16. The van der Waals surface area contributed by atoms with Crippen LogP contribution in [0.3, 0.4) is 0 Å². The maximum absolute atomic E-state index is 12.3. The van der Waals surface area contributed by atoms with Gasteiger partial charge >= 0.3 is 0 Å². The average Bonchev–Trinajstić information content (AvgIpc) is 2.96. The van der Waals surface area contributed by atoms with Crippen LogP contribution in [0.25, 0.3) is 11.3 Å². The van der Waals surface area contributed by atoms with E-state index >= 15 is 0 Å². The maximum Gasteiger partial charge on any atom is 0.263 e. The average molecular weight is 413 g/mol. The molecule has 118 valence electrons. The molecule has 0 aliphatic rings. The highest BCUT2D eigenvalue weighted by molar-refractivity contribution is 9.10. The predicted molar refractivity (Wildman–Crippen MR) is 94.0 cm³/mol. The molecule has 0 saturated heterocycles. The SMILES string of the molecule is O=S(=O)(Nc1cc(-c2ccc(Cl)cc2)[nH]n1)c1ccc(Br)cc1. The smallest absolute Gasteiger partial charge is 0.263 e. The lowest BCUT2D eigenvalue weighted by molar-refractivity contribution is 0.601. The number of hydrogen-bond donors (Lipinski definition) is 2. The fourth-order valence-corrected chi connectivity index (χ4v) is 3.34. The second-order valence-electron chi connectivity index (χ2n) is 4.73. The van der Waals surface area contributed by atoms with Gasteiger partial charge < -0.3 is 0 Å². The third kappa shape index (κ3) is 3.74. The van der Waals surface area contributed by atoms with Gasteiger partial charge in [-0.2, -0.15) is 5.10 Å². The molecule has 23 heavy (non-hydrogen) atoms. The van der Waals surface area contributed by atoms with Crippen molar-refractivity contribution >= 4 is 43.4 Å². The largest absolute Gasteiger partial charge is 0.276 e. The molecule has 2 aromatic carbocycles. The fraction of sp³-hybridized carbons (Fsp3) is 0. The molecule has 5 nitrogen and oxygen atoms in total. The van der Waals surface area contributed by atoms with E-state index in [9.17, 15) is 8.42 Å². The number of anilines is 1. The van der Waals surface area contributed by atoms with Crippen molar-refractivity contribution in [2.24, 2.45) is 0 Å². The van der Waals surface area contributed by atoms with E-state index in [4.69, 9.17) is 11.6 Å². The third-order valence-corrected chi connectivity index (χ3v) is 5.25. The predicted octanol–water partition coefficient (Wildman–Crippen LogP) is 4.29. The minimum atomic E-state index is -3.68. The van der Waals surface area contributed by atoms with Gasteiger partial charge in [-0.1, -0.05) is 39.7 Å². The first-order valence-corrected chi connectivity index (χ1v) is 9.19. The number of nitrogens with one attached hydrogen (secondary N) is 2. The molecule has 0 bridgehead atoms. The van der Waals surface area contributed by atoms with Crippen molar-refractivity contribution in [2.75, 3.05) is 4.72 Å². The number of halogens is 2. The minimum Gasteiger partial charge on any atom is -0.276 e. The molecule has 3 rings (SSSR count). The number of aromatic amines is 1. The summed E-state index contributed by atoms with van der Waals surface area (Å²) in [6.45, 7) is 0. The molecule has 0 aliphatic carbocycles. The van der Waals surface area contributed by atoms with Crippen molar-refractivity contribution in [3.8, 4) is 11.3 Å². The molecule has 0 amide bonds. The van der Waals surface area contributed by atoms with E-state index in [1.54, 1.807) is 30.3 Å². The van der Waals surface area contributed by atoms with Crippen LogP contribution in [-0.4, -0.2) is 18.6 Å². The van der Waals surface area contributed by atoms with Gasteiger partial charge in [0.25, 0.3) is 10.0 Å². The molecule has 0 unspecified atom stereocenters. The Balaban J connectivity index is 1.83. The fourth-order valence-electron chi connectivity index (χ4n) is 1.96. The Morgan fingerprint density at radius 1 is 1.04 bits per heavy atom. The van der Waals surface area contributed by atoms with E-state index in [0.29, 0.717) is 10.7 Å². The van der Waals surface area contributed by atoms with Crippen LogP contribution in [0, 0.1) is 0 Å². The van der Waals surface area contributed by atoms with Gasteiger partial charge in [0.2, 0.25) is 0 Å². The van der Waals surface area contributed by atoms with E-state index in [-0.39, 0.29) is 10.7 Å². The highest BCUT2D eigenvalue weighted by atomic mass is 79.9. The number of nitrogens with zero attached hydrogens (tertiary/aromatic N) is 1. The van der Waals surface area contributed by atoms with Crippen molar-refractivity contribution in [1.82, 2.24) is 10.2 Å². The van der Waals surface area contributed by atoms with E-state index < -0.39 is 10.0 Å². The molecule has 1 heterocycles. The Morgan fingerprint density at radius 3 is 2.35 bits per heavy atom. The van der Waals surface area contributed by atoms with Crippen LogP contribution in [0.2, 0.25) is 5.02 Å². The van der Waals surface area contributed by atoms with Crippen molar-refractivity contribution in [2.45, 2.75) is 4.90 Å². The molecule has 0 atom stereocenters. The highest BCUT2D eigenvalue weighted by Crippen LogP contribution is 2.23. The number of H-pyrrole nitrogens is 1. The number of hydrogen-bond acceptors (Lipinski definition) is 3. The maximum atomic E-state index is 12.3. The molecule has 0 spiro atoms. The quantitative estimate of drug-likeness (QED) is 0.671. The molecule has 0 fully saturated rings. The van der Waals surface area contributed by atoms with Crippen LogP contribution in [0.1, 0.15) is 0 Å². The Hall–Kier alpha value is -1.83. The normalized spacial score (nSPS) is 11.4. The first-order valence-electron chi connectivity index (χ1n) is 6.54. The van der Waals surface area contributed by atoms with Gasteiger partial charge in [0.15, 0.2) is 5.82 Å². The Morgan fingerprint density at radius 2 is 1.70 bits per heavy atom. The van der Waals surface area contributed by atoms with Crippen molar-refractivity contribution < 1.29 is 8.42 Å². The third-order valence-electron chi connectivity index (χ3n) is 3.10. The zero-order valence-corrected chi connectivity index (χ0v) is 14.8. The van der Waals surface area contributed by atoms with Crippen LogP contribution in [0.15, 0.2) is 64.0 Å². The van der Waals surface area contributed by atoms with Gasteiger partial charge in [0.1, 0.15) is 0 Å². The lowest BCUT2D eigenvalue weighted by Gasteiger charge is -2.04. The van der Waals surface area contributed by atoms with Crippen LogP contribution in [-0.2, 0) is 10.0 Å². The zero-order valence-electron chi connectivity index (χ0n) is 11.6. The van der Waals surface area contributed by atoms with Crippen molar-refractivity contribution in [3.05, 3.63) is 64.1 Å². The Kier molecular flexibility index (Phi) is 4.43. The Bertz CT molecular complexity index is 922. The van der Waals surface area contributed by atoms with Gasteiger partial charge in [0.05, 0.1) is 10.6 Å². The van der Waals surface area contributed by atoms with Gasteiger partial charge in [0, 0.05) is 15.6 Å². The Labute approximate surface area is 146 Å². The summed E-state index contributed by atoms with van der Waals surface area (Å²) in [5, 5.41) is 7.41. The monoisotopic (exact) mass is 411 g/mol. The zero-order chi connectivity index (χ0) is 16.4. The molecule has 0 radical (unpaired) electrons. The minimum absolute atomic E-state index is 0.164. The lowest BCUT2D eigenvalue weighted by atomic mass is 10.1. The van der Waals surface area contributed by atoms with E-state index in [2.05, 4.69) is 30.8 Å². The molecule has 0 aliphatic heterocycles. The second-order valence-corrected chi connectivity index (χ2v) is 7.77. The standard InChI is InChI=1S/C15H11BrClN3O2S/c16-11-3-7-13(8-4-11)23(21,22)20-15-9-14(18-19-15)10-1-5-12(17)6-2-10/h1-9H,(H2,18,19,20). The van der Waals surface area contributed by atoms with Crippen molar-refractivity contribution in [1.29, 1.82) is 0 Å². The summed E-state index contributed by atoms with van der Waals surface area (Å²) in [5.41, 5.74) is 1.55. The van der Waals surface area contributed by atoms with Gasteiger partial charge in [-0.05, 0) is 42.0 Å². The number of aromatic nitrogens is 2. The topological polar surface area (TPSA) is 74.8 Å². The molecular formula is C15H11BrClN3O2S. The lowest BCUT2D eigenvalue weighted by Crippen LogP contribution is -2.13. The van der Waals surface area contributed by atoms with E-state index in [0.717, 1.165) is 10.0 Å². The van der Waals surface area contributed by atoms with Crippen LogP contribution in [0.5, 0.6) is 0 Å². The molecular weight excluding hydrogens is 402 g/mol. The van der Waals surface area contributed by atoms with E-state index in [1.165, 1.54) is 12.1 Å². The summed E-state index contributed by atoms with van der Waals surface area (Å²) in [5.74, 6) is 0.220. The van der Waals surface area contributed by atoms with E-state index in [1.807, 2.05) is 12.1 Å². The second kappa shape index (κ2) is 6.35. The van der Waals surface area contributed by atoms with Crippen LogP contribution in [0.4, 0.5) is 5.82 Å². The van der Waals surface area contributed by atoms with Gasteiger partial charge in [-0.3, -0.25) is 9.82 Å². The number of benzene rings is 2. The van der Waals surface area contributed by atoms with Crippen molar-refractivity contribution in [3.63, 3.8) is 0 Å². The summed E-state index contributed by atoms with van der Waals surface area (Å²) < 4.78 is 27.9. The summed E-state index contributed by atoms with van der Waals surface area (Å²) in [6, 6.07) is 15.1. The summed E-state index contributed by atoms with van der Waals surface area (Å²) in [6.07, 6.45) is 0. The first-order chi connectivity index (χ1) is 10.9. The summed E-state index contributed by atoms with van der Waals surface area (Å²) in [4.78, 5) is 0.164. The molecule has 8 heteroatoms. The van der Waals surface area contributed by atoms with Crippen LogP contribution < -0.4 is 4.72 Å². The molecule has 2 N–H and O–H groups in total. The summed E-state index contributed by atoms with van der Waals surface area (Å²) >= 11 is 9.12. The molecule has 1 aromatic heterocycles. The van der Waals surface area contributed by atoms with Crippen LogP contribution >= 0.6 is 27.5 Å².